The summed E-state index contributed by atoms with van der Waals surface area (Å²) in [5, 5.41) is 11.9. The van der Waals surface area contributed by atoms with Crippen molar-refractivity contribution in [1.29, 1.82) is 0 Å². The van der Waals surface area contributed by atoms with Gasteiger partial charge in [-0.25, -0.2) is 9.59 Å². The lowest BCUT2D eigenvalue weighted by atomic mass is 9.99. The van der Waals surface area contributed by atoms with Gasteiger partial charge >= 0.3 is 12.0 Å². The first-order chi connectivity index (χ1) is 10.0. The quantitative estimate of drug-likeness (QED) is 0.773. The summed E-state index contributed by atoms with van der Waals surface area (Å²) in [5.41, 5.74) is 0. The highest BCUT2D eigenvalue weighted by Gasteiger charge is 2.30. The van der Waals surface area contributed by atoms with Gasteiger partial charge in [-0.2, -0.15) is 0 Å². The minimum absolute atomic E-state index is 0.0670. The summed E-state index contributed by atoms with van der Waals surface area (Å²) < 4.78 is 0. The molecule has 0 unspecified atom stereocenters. The van der Waals surface area contributed by atoms with Gasteiger partial charge in [0.2, 0.25) is 0 Å². The van der Waals surface area contributed by atoms with E-state index in [0.29, 0.717) is 13.1 Å². The van der Waals surface area contributed by atoms with Gasteiger partial charge in [0.25, 0.3) is 0 Å². The van der Waals surface area contributed by atoms with Crippen LogP contribution in [0.25, 0.3) is 0 Å². The van der Waals surface area contributed by atoms with Crippen molar-refractivity contribution in [2.24, 2.45) is 11.8 Å². The van der Waals surface area contributed by atoms with E-state index in [4.69, 9.17) is 0 Å². The van der Waals surface area contributed by atoms with Crippen LogP contribution in [0.5, 0.6) is 0 Å². The number of piperazine rings is 1. The molecule has 2 fully saturated rings. The molecular formula is C15H27N3O3. The first-order valence-electron chi connectivity index (χ1n) is 8.01. The Kier molecular flexibility index (Phi) is 5.45. The SMILES string of the molecule is CC[C@H](C)[C@H](NC(=O)N1CCN(CC2CC2)CC1)C(=O)O. The normalized spacial score (nSPS) is 22.7. The number of hydrogen-bond donors (Lipinski definition) is 2. The molecule has 0 aromatic carbocycles. The zero-order chi connectivity index (χ0) is 15.4. The van der Waals surface area contributed by atoms with E-state index in [1.165, 1.54) is 12.8 Å². The zero-order valence-corrected chi connectivity index (χ0v) is 13.0. The van der Waals surface area contributed by atoms with Crippen molar-refractivity contribution in [2.45, 2.75) is 39.2 Å². The Hall–Kier alpha value is -1.30. The van der Waals surface area contributed by atoms with E-state index in [9.17, 15) is 14.7 Å². The fourth-order valence-electron chi connectivity index (χ4n) is 2.71. The molecule has 1 aliphatic carbocycles. The molecule has 6 nitrogen and oxygen atoms in total. The average Bonchev–Trinajstić information content (AvgIpc) is 3.28. The molecule has 1 heterocycles. The Balaban J connectivity index is 1.78. The molecule has 1 saturated carbocycles. The summed E-state index contributed by atoms with van der Waals surface area (Å²) in [5.74, 6) is -0.153. The molecule has 0 spiro atoms. The van der Waals surface area contributed by atoms with Crippen LogP contribution in [-0.4, -0.2) is 65.7 Å². The smallest absolute Gasteiger partial charge is 0.326 e. The fourth-order valence-corrected chi connectivity index (χ4v) is 2.71. The number of nitrogens with zero attached hydrogens (tertiary/aromatic N) is 2. The molecule has 0 aromatic heterocycles. The van der Waals surface area contributed by atoms with Crippen LogP contribution in [0.4, 0.5) is 4.79 Å². The summed E-state index contributed by atoms with van der Waals surface area (Å²) in [6.07, 6.45) is 3.41. The van der Waals surface area contributed by atoms with Gasteiger partial charge in [-0.1, -0.05) is 20.3 Å². The Bertz CT molecular complexity index is 376. The number of nitrogens with one attached hydrogen (secondary N) is 1. The summed E-state index contributed by atoms with van der Waals surface area (Å²) in [6, 6.07) is -1.04. The van der Waals surface area contributed by atoms with E-state index in [1.54, 1.807) is 4.90 Å². The van der Waals surface area contributed by atoms with Gasteiger partial charge < -0.3 is 15.3 Å². The first-order valence-corrected chi connectivity index (χ1v) is 8.01. The van der Waals surface area contributed by atoms with Gasteiger partial charge in [-0.15, -0.1) is 0 Å². The van der Waals surface area contributed by atoms with Crippen LogP contribution in [0, 0.1) is 11.8 Å². The molecule has 6 heteroatoms. The molecule has 21 heavy (non-hydrogen) atoms. The minimum Gasteiger partial charge on any atom is -0.480 e. The number of carboxylic acids is 1. The zero-order valence-electron chi connectivity index (χ0n) is 13.0. The summed E-state index contributed by atoms with van der Waals surface area (Å²) >= 11 is 0. The monoisotopic (exact) mass is 297 g/mol. The number of hydrogen-bond acceptors (Lipinski definition) is 3. The van der Waals surface area contributed by atoms with Crippen LogP contribution in [0.3, 0.4) is 0 Å². The predicted octanol–water partition coefficient (Wildman–Crippen LogP) is 1.22. The van der Waals surface area contributed by atoms with E-state index in [-0.39, 0.29) is 11.9 Å². The highest BCUT2D eigenvalue weighted by atomic mass is 16.4. The van der Waals surface area contributed by atoms with E-state index in [0.717, 1.165) is 32.0 Å². The van der Waals surface area contributed by atoms with E-state index in [2.05, 4.69) is 10.2 Å². The second-order valence-electron chi connectivity index (χ2n) is 6.38. The number of carbonyl (C=O) groups excluding carboxylic acids is 1. The first kappa shape index (κ1) is 16.1. The molecule has 1 saturated heterocycles. The molecule has 2 aliphatic rings. The third-order valence-corrected chi connectivity index (χ3v) is 4.63. The van der Waals surface area contributed by atoms with Crippen LogP contribution >= 0.6 is 0 Å². The maximum atomic E-state index is 12.2. The number of aliphatic carboxylic acids is 1. The molecule has 0 radical (unpaired) electrons. The standard InChI is InChI=1S/C15H27N3O3/c1-3-11(2)13(14(19)20)16-15(21)18-8-6-17(7-9-18)10-12-4-5-12/h11-13H,3-10H2,1-2H3,(H,16,21)(H,19,20)/t11-,13-/m0/s1. The number of amides is 2. The maximum absolute atomic E-state index is 12.2. The van der Waals surface area contributed by atoms with E-state index in [1.807, 2.05) is 13.8 Å². The third kappa shape index (κ3) is 4.59. The molecule has 2 amide bonds. The van der Waals surface area contributed by atoms with Gasteiger partial charge in [0.15, 0.2) is 0 Å². The lowest BCUT2D eigenvalue weighted by Crippen LogP contribution is -2.55. The number of rotatable bonds is 6. The second kappa shape index (κ2) is 7.11. The van der Waals surface area contributed by atoms with Crippen LogP contribution in [0.2, 0.25) is 0 Å². The molecule has 1 aliphatic heterocycles. The number of urea groups is 1. The van der Waals surface area contributed by atoms with Crippen molar-refractivity contribution in [3.63, 3.8) is 0 Å². The van der Waals surface area contributed by atoms with Gasteiger partial charge in [0.05, 0.1) is 0 Å². The fraction of sp³-hybridized carbons (Fsp3) is 0.867. The van der Waals surface area contributed by atoms with Crippen LogP contribution in [0.15, 0.2) is 0 Å². The Morgan fingerprint density at radius 1 is 1.24 bits per heavy atom. The molecule has 2 rings (SSSR count). The Labute approximate surface area is 126 Å². The van der Waals surface area contributed by atoms with Gasteiger partial charge in [0.1, 0.15) is 6.04 Å². The topological polar surface area (TPSA) is 72.9 Å². The van der Waals surface area contributed by atoms with Crippen molar-refractivity contribution >= 4 is 12.0 Å². The minimum atomic E-state index is -0.954. The summed E-state index contributed by atoms with van der Waals surface area (Å²) in [7, 11) is 0. The van der Waals surface area contributed by atoms with Crippen molar-refractivity contribution in [3.05, 3.63) is 0 Å². The Morgan fingerprint density at radius 2 is 1.86 bits per heavy atom. The van der Waals surface area contributed by atoms with E-state index < -0.39 is 12.0 Å². The highest BCUT2D eigenvalue weighted by molar-refractivity contribution is 5.82. The number of carboxylic acid groups (broad SMARTS) is 1. The Morgan fingerprint density at radius 3 is 2.33 bits per heavy atom. The average molecular weight is 297 g/mol. The van der Waals surface area contributed by atoms with E-state index >= 15 is 0 Å². The predicted molar refractivity (Wildman–Crippen MR) is 80.1 cm³/mol. The third-order valence-electron chi connectivity index (χ3n) is 4.63. The molecular weight excluding hydrogens is 270 g/mol. The largest absolute Gasteiger partial charge is 0.480 e. The highest BCUT2D eigenvalue weighted by Crippen LogP contribution is 2.29. The molecule has 120 valence electrons. The summed E-state index contributed by atoms with van der Waals surface area (Å²) in [4.78, 5) is 27.6. The molecule has 2 N–H and O–H groups in total. The summed E-state index contributed by atoms with van der Waals surface area (Å²) in [6.45, 7) is 8.10. The molecule has 2 atom stereocenters. The van der Waals surface area contributed by atoms with Crippen molar-refractivity contribution in [1.82, 2.24) is 15.1 Å². The molecule has 0 bridgehead atoms. The van der Waals surface area contributed by atoms with Crippen molar-refractivity contribution in [2.75, 3.05) is 32.7 Å². The second-order valence-corrected chi connectivity index (χ2v) is 6.38. The van der Waals surface area contributed by atoms with Crippen molar-refractivity contribution < 1.29 is 14.7 Å². The van der Waals surface area contributed by atoms with Gasteiger partial charge in [-0.05, 0) is 24.7 Å². The van der Waals surface area contributed by atoms with Crippen molar-refractivity contribution in [3.8, 4) is 0 Å². The van der Waals surface area contributed by atoms with Crippen LogP contribution in [-0.2, 0) is 4.79 Å². The van der Waals surface area contributed by atoms with Crippen LogP contribution < -0.4 is 5.32 Å². The lowest BCUT2D eigenvalue weighted by Gasteiger charge is -2.35. The van der Waals surface area contributed by atoms with Gasteiger partial charge in [-0.3, -0.25) is 4.90 Å². The van der Waals surface area contributed by atoms with Gasteiger partial charge in [0, 0.05) is 32.7 Å². The lowest BCUT2D eigenvalue weighted by molar-refractivity contribution is -0.140. The number of carbonyl (C=O) groups is 2. The maximum Gasteiger partial charge on any atom is 0.326 e. The van der Waals surface area contributed by atoms with Crippen LogP contribution in [0.1, 0.15) is 33.1 Å². The molecule has 0 aromatic rings.